The van der Waals surface area contributed by atoms with E-state index in [1.54, 1.807) is 6.07 Å². The first-order valence-corrected chi connectivity index (χ1v) is 10.0. The Kier molecular flexibility index (Phi) is 5.42. The topological polar surface area (TPSA) is 91.1 Å². The summed E-state index contributed by atoms with van der Waals surface area (Å²) in [4.78, 5) is 15.2. The number of rotatable bonds is 5. The number of fused-ring (bicyclic) bond motifs is 1. The van der Waals surface area contributed by atoms with Crippen LogP contribution in [0.4, 0.5) is 18.9 Å². The molecule has 2 aromatic carbocycles. The number of aryl methyl sites for hydroxylation is 2. The van der Waals surface area contributed by atoms with Gasteiger partial charge < -0.3 is 10.3 Å². The van der Waals surface area contributed by atoms with E-state index in [9.17, 15) is 26.4 Å². The van der Waals surface area contributed by atoms with E-state index in [1.807, 2.05) is 26.0 Å². The monoisotopic (exact) mass is 425 g/mol. The van der Waals surface area contributed by atoms with Gasteiger partial charge in [-0.1, -0.05) is 6.07 Å². The van der Waals surface area contributed by atoms with E-state index in [2.05, 4.69) is 10.3 Å². The van der Waals surface area contributed by atoms with Crippen LogP contribution in [0.3, 0.4) is 0 Å². The van der Waals surface area contributed by atoms with E-state index >= 15 is 0 Å². The van der Waals surface area contributed by atoms with Crippen molar-refractivity contribution in [2.24, 2.45) is 0 Å². The smallest absolute Gasteiger partial charge is 0.351 e. The molecule has 0 fully saturated rings. The van der Waals surface area contributed by atoms with Crippen molar-refractivity contribution in [3.05, 3.63) is 59.3 Å². The molecule has 6 nitrogen and oxygen atoms in total. The van der Waals surface area contributed by atoms with Gasteiger partial charge >= 0.3 is 6.18 Å². The normalized spacial score (nSPS) is 12.3. The number of benzene rings is 2. The lowest BCUT2D eigenvalue weighted by Gasteiger charge is -2.10. The lowest BCUT2D eigenvalue weighted by atomic mass is 10.1. The maximum absolute atomic E-state index is 12.5. The van der Waals surface area contributed by atoms with Crippen molar-refractivity contribution >= 4 is 32.5 Å². The third kappa shape index (κ3) is 4.96. The van der Waals surface area contributed by atoms with E-state index in [0.29, 0.717) is 11.4 Å². The number of aromatic nitrogens is 1. The molecular formula is C19H18F3N3O3S. The zero-order valence-corrected chi connectivity index (χ0v) is 16.3. The lowest BCUT2D eigenvalue weighted by molar-refractivity contribution is -0.121. The van der Waals surface area contributed by atoms with E-state index in [0.717, 1.165) is 34.2 Å². The number of anilines is 1. The summed E-state index contributed by atoms with van der Waals surface area (Å²) in [6.45, 7) is 2.23. The van der Waals surface area contributed by atoms with Gasteiger partial charge in [-0.3, -0.25) is 4.79 Å². The van der Waals surface area contributed by atoms with Crippen LogP contribution in [-0.4, -0.2) is 32.0 Å². The van der Waals surface area contributed by atoms with Crippen molar-refractivity contribution in [3.8, 4) is 0 Å². The molecule has 1 aromatic heterocycles. The number of nitrogens with one attached hydrogen (secondary N) is 3. The highest BCUT2D eigenvalue weighted by molar-refractivity contribution is 7.89. The average Bonchev–Trinajstić information content (AvgIpc) is 3.04. The number of carbonyl (C=O) groups is 1. The van der Waals surface area contributed by atoms with Gasteiger partial charge in [0.15, 0.2) is 0 Å². The summed E-state index contributed by atoms with van der Waals surface area (Å²) in [6.07, 6.45) is -4.66. The van der Waals surface area contributed by atoms with Gasteiger partial charge in [0.25, 0.3) is 5.91 Å². The van der Waals surface area contributed by atoms with Crippen molar-refractivity contribution in [1.29, 1.82) is 0 Å². The van der Waals surface area contributed by atoms with Crippen LogP contribution in [0, 0.1) is 13.8 Å². The number of sulfonamides is 1. The first-order chi connectivity index (χ1) is 13.4. The van der Waals surface area contributed by atoms with Crippen LogP contribution in [0.25, 0.3) is 10.9 Å². The van der Waals surface area contributed by atoms with Crippen molar-refractivity contribution in [2.75, 3.05) is 11.9 Å². The Balaban J connectivity index is 1.74. The second-order valence-corrected chi connectivity index (χ2v) is 8.41. The van der Waals surface area contributed by atoms with Crippen LogP contribution >= 0.6 is 0 Å². The van der Waals surface area contributed by atoms with E-state index in [4.69, 9.17) is 0 Å². The summed E-state index contributed by atoms with van der Waals surface area (Å²) in [5.41, 5.74) is 3.54. The summed E-state index contributed by atoms with van der Waals surface area (Å²) in [5.74, 6) is -0.427. The molecule has 0 aliphatic rings. The molecule has 154 valence electrons. The van der Waals surface area contributed by atoms with Gasteiger partial charge in [-0.2, -0.15) is 13.2 Å². The van der Waals surface area contributed by atoms with Crippen LogP contribution in [0.1, 0.15) is 21.6 Å². The quantitative estimate of drug-likeness (QED) is 0.579. The molecule has 1 heterocycles. The van der Waals surface area contributed by atoms with Gasteiger partial charge in [0.2, 0.25) is 10.0 Å². The summed E-state index contributed by atoms with van der Waals surface area (Å²) in [7, 11) is -4.31. The SMILES string of the molecule is Cc1cc(C)c2cc(C(=O)Nc3ccc(S(=O)(=O)NCC(F)(F)F)cc3)[nH]c2c1. The molecule has 0 spiro atoms. The Bertz CT molecular complexity index is 1170. The molecular weight excluding hydrogens is 407 g/mol. The number of aromatic amines is 1. The fourth-order valence-corrected chi connectivity index (χ4v) is 3.91. The molecule has 0 atom stereocenters. The number of carbonyl (C=O) groups excluding carboxylic acids is 1. The zero-order valence-electron chi connectivity index (χ0n) is 15.5. The highest BCUT2D eigenvalue weighted by Crippen LogP contribution is 2.22. The fraction of sp³-hybridized carbons (Fsp3) is 0.211. The fourth-order valence-electron chi connectivity index (χ4n) is 2.90. The number of hydrogen-bond donors (Lipinski definition) is 3. The van der Waals surface area contributed by atoms with E-state index in [1.165, 1.54) is 16.9 Å². The third-order valence-electron chi connectivity index (χ3n) is 4.22. The number of amides is 1. The minimum absolute atomic E-state index is 0.302. The van der Waals surface area contributed by atoms with Gasteiger partial charge in [0.1, 0.15) is 12.2 Å². The van der Waals surface area contributed by atoms with Gasteiger partial charge in [-0.25, -0.2) is 13.1 Å². The number of halogens is 3. The predicted molar refractivity (Wildman–Crippen MR) is 103 cm³/mol. The molecule has 1 amide bonds. The molecule has 3 rings (SSSR count). The predicted octanol–water partition coefficient (Wildman–Crippen LogP) is 3.88. The summed E-state index contributed by atoms with van der Waals surface area (Å²) >= 11 is 0. The summed E-state index contributed by atoms with van der Waals surface area (Å²) in [5, 5.41) is 3.54. The first-order valence-electron chi connectivity index (χ1n) is 8.52. The molecule has 29 heavy (non-hydrogen) atoms. The minimum atomic E-state index is -4.66. The Morgan fingerprint density at radius 3 is 2.34 bits per heavy atom. The van der Waals surface area contributed by atoms with Crippen molar-refractivity contribution < 1.29 is 26.4 Å². The second kappa shape index (κ2) is 7.53. The molecule has 10 heteroatoms. The van der Waals surface area contributed by atoms with Gasteiger partial charge in [0, 0.05) is 16.6 Å². The number of hydrogen-bond acceptors (Lipinski definition) is 3. The zero-order chi connectivity index (χ0) is 21.4. The van der Waals surface area contributed by atoms with Crippen LogP contribution in [-0.2, 0) is 10.0 Å². The van der Waals surface area contributed by atoms with Crippen molar-refractivity contribution in [3.63, 3.8) is 0 Å². The molecule has 0 aliphatic carbocycles. The maximum Gasteiger partial charge on any atom is 0.402 e. The van der Waals surface area contributed by atoms with E-state index < -0.39 is 28.7 Å². The third-order valence-corrected chi connectivity index (χ3v) is 5.64. The molecule has 0 aliphatic heterocycles. The first kappa shape index (κ1) is 20.9. The molecule has 3 aromatic rings. The molecule has 0 radical (unpaired) electrons. The van der Waals surface area contributed by atoms with Crippen LogP contribution in [0.5, 0.6) is 0 Å². The van der Waals surface area contributed by atoms with Crippen LogP contribution in [0.2, 0.25) is 0 Å². The van der Waals surface area contributed by atoms with Gasteiger partial charge in [0.05, 0.1) is 4.90 Å². The molecule has 0 unspecified atom stereocenters. The summed E-state index contributed by atoms with van der Waals surface area (Å²) < 4.78 is 61.9. The van der Waals surface area contributed by atoms with E-state index in [-0.39, 0.29) is 4.90 Å². The van der Waals surface area contributed by atoms with Crippen LogP contribution < -0.4 is 10.0 Å². The molecule has 0 bridgehead atoms. The van der Waals surface area contributed by atoms with Gasteiger partial charge in [-0.05, 0) is 61.4 Å². The molecule has 0 saturated carbocycles. The standard InChI is InChI=1S/C19H18F3N3O3S/c1-11-7-12(2)15-9-17(25-16(15)8-11)18(26)24-13-3-5-14(6-4-13)29(27,28)23-10-19(20,21)22/h3-9,23,25H,10H2,1-2H3,(H,24,26). The Morgan fingerprint density at radius 1 is 1.07 bits per heavy atom. The minimum Gasteiger partial charge on any atom is -0.351 e. The highest BCUT2D eigenvalue weighted by Gasteiger charge is 2.30. The maximum atomic E-state index is 12.5. The highest BCUT2D eigenvalue weighted by atomic mass is 32.2. The lowest BCUT2D eigenvalue weighted by Crippen LogP contribution is -2.33. The summed E-state index contributed by atoms with van der Waals surface area (Å²) in [6, 6.07) is 10.5. The number of H-pyrrole nitrogens is 1. The molecule has 0 saturated heterocycles. The van der Waals surface area contributed by atoms with Gasteiger partial charge in [-0.15, -0.1) is 0 Å². The average molecular weight is 425 g/mol. The second-order valence-electron chi connectivity index (χ2n) is 6.64. The largest absolute Gasteiger partial charge is 0.402 e. The van der Waals surface area contributed by atoms with Crippen molar-refractivity contribution in [1.82, 2.24) is 9.71 Å². The Labute approximate surface area is 165 Å². The molecule has 3 N–H and O–H groups in total. The number of alkyl halides is 3. The van der Waals surface area contributed by atoms with Crippen molar-refractivity contribution in [2.45, 2.75) is 24.9 Å². The Hall–Kier alpha value is -2.85. The van der Waals surface area contributed by atoms with Crippen LogP contribution in [0.15, 0.2) is 47.4 Å². The Morgan fingerprint density at radius 2 is 1.72 bits per heavy atom.